The number of nitrogens with zero attached hydrogens (tertiary/aromatic N) is 1. The van der Waals surface area contributed by atoms with Gasteiger partial charge in [-0.2, -0.15) is 10.5 Å². The van der Waals surface area contributed by atoms with Crippen LogP contribution in [0.3, 0.4) is 0 Å². The lowest BCUT2D eigenvalue weighted by Crippen LogP contribution is -2.87. The van der Waals surface area contributed by atoms with Crippen molar-refractivity contribution in [2.24, 2.45) is 5.73 Å². The van der Waals surface area contributed by atoms with E-state index in [0.29, 0.717) is 27.8 Å². The van der Waals surface area contributed by atoms with Crippen molar-refractivity contribution < 1.29 is 19.2 Å². The minimum Gasteiger partial charge on any atom is -0.481 e. The minimum atomic E-state index is -0.415. The van der Waals surface area contributed by atoms with Crippen LogP contribution in [0.15, 0.2) is 59.1 Å². The Bertz CT molecular complexity index is 953. The Kier molecular flexibility index (Phi) is 5.73. The van der Waals surface area contributed by atoms with Crippen molar-refractivity contribution in [1.82, 2.24) is 10.6 Å². The van der Waals surface area contributed by atoms with E-state index < -0.39 is 5.91 Å². The van der Waals surface area contributed by atoms with Crippen LogP contribution in [0.5, 0.6) is 5.75 Å². The van der Waals surface area contributed by atoms with Gasteiger partial charge in [0.2, 0.25) is 0 Å². The molecular weight excluding hydrogens is 368 g/mol. The standard InChI is InChI=1S/C19H17ClN4O3/c1-12-17(18(24-27-12)13-5-3-2-4-6-13)19(25)23-22-16(21)11-26-15-9-7-14(20)8-10-15/h2-10H,11H2,1H3,(H2,21,22)(H,23,25)/p+1. The number of aromatic nitrogens is 1. The number of aryl methyl sites for hydroxylation is 1. The molecule has 0 bridgehead atoms. The van der Waals surface area contributed by atoms with Gasteiger partial charge in [-0.15, -0.1) is 0 Å². The van der Waals surface area contributed by atoms with Gasteiger partial charge in [-0.05, 0) is 31.2 Å². The number of hydrazone groups is 1. The maximum absolute atomic E-state index is 12.5. The first kappa shape index (κ1) is 18.5. The predicted molar refractivity (Wildman–Crippen MR) is 101 cm³/mol. The van der Waals surface area contributed by atoms with Gasteiger partial charge >= 0.3 is 5.84 Å². The van der Waals surface area contributed by atoms with Crippen molar-refractivity contribution in [2.45, 2.75) is 6.92 Å². The molecule has 0 unspecified atom stereocenters. The summed E-state index contributed by atoms with van der Waals surface area (Å²) < 4.78 is 10.7. The zero-order valence-corrected chi connectivity index (χ0v) is 15.3. The first-order chi connectivity index (χ1) is 13.0. The molecule has 3 rings (SSSR count). The molecule has 8 heteroatoms. The van der Waals surface area contributed by atoms with Gasteiger partial charge in [0.1, 0.15) is 22.8 Å². The summed E-state index contributed by atoms with van der Waals surface area (Å²) in [5.74, 6) is 0.830. The first-order valence-electron chi connectivity index (χ1n) is 8.12. The molecule has 0 atom stereocenters. The number of hydrazine groups is 1. The molecular formula is C19H18ClN4O3+. The van der Waals surface area contributed by atoms with Crippen LogP contribution in [0, 0.1) is 6.92 Å². The molecule has 7 nitrogen and oxygen atoms in total. The maximum Gasteiger partial charge on any atom is 0.302 e. The fourth-order valence-corrected chi connectivity index (χ4v) is 2.49. The van der Waals surface area contributed by atoms with Crippen LogP contribution in [0.25, 0.3) is 11.3 Å². The number of ether oxygens (including phenoxy) is 1. The third-order valence-electron chi connectivity index (χ3n) is 3.68. The smallest absolute Gasteiger partial charge is 0.302 e. The second kappa shape index (κ2) is 8.37. The number of amidine groups is 1. The summed E-state index contributed by atoms with van der Waals surface area (Å²) in [7, 11) is 0. The van der Waals surface area contributed by atoms with Gasteiger partial charge in [0, 0.05) is 10.6 Å². The van der Waals surface area contributed by atoms with E-state index in [1.54, 1.807) is 31.2 Å². The van der Waals surface area contributed by atoms with Crippen LogP contribution in [-0.2, 0) is 0 Å². The lowest BCUT2D eigenvalue weighted by molar-refractivity contribution is -0.510. The van der Waals surface area contributed by atoms with E-state index in [4.69, 9.17) is 26.6 Å². The van der Waals surface area contributed by atoms with Gasteiger partial charge in [-0.1, -0.05) is 47.1 Å². The molecule has 0 aliphatic rings. The number of halogens is 1. The maximum atomic E-state index is 12.5. The lowest BCUT2D eigenvalue weighted by Gasteiger charge is -2.04. The molecule has 0 radical (unpaired) electrons. The number of amides is 1. The number of nitrogens with one attached hydrogen (secondary N) is 2. The molecule has 0 aliphatic heterocycles. The van der Waals surface area contributed by atoms with E-state index >= 15 is 0 Å². The summed E-state index contributed by atoms with van der Waals surface area (Å²) in [6, 6.07) is 16.2. The molecule has 1 amide bonds. The van der Waals surface area contributed by atoms with Crippen LogP contribution >= 0.6 is 11.6 Å². The predicted octanol–water partition coefficient (Wildman–Crippen LogP) is 1.47. The van der Waals surface area contributed by atoms with Crippen LogP contribution in [0.1, 0.15) is 16.1 Å². The Labute approximate surface area is 160 Å². The molecule has 0 fully saturated rings. The van der Waals surface area contributed by atoms with E-state index in [9.17, 15) is 4.79 Å². The van der Waals surface area contributed by atoms with Gasteiger partial charge in [-0.25, -0.2) is 0 Å². The fraction of sp³-hybridized carbons (Fsp3) is 0.105. The monoisotopic (exact) mass is 385 g/mol. The molecule has 3 aromatic rings. The summed E-state index contributed by atoms with van der Waals surface area (Å²) in [6.07, 6.45) is 0. The molecule has 1 aromatic heterocycles. The van der Waals surface area contributed by atoms with E-state index in [2.05, 4.69) is 15.7 Å². The van der Waals surface area contributed by atoms with Gasteiger partial charge in [0.15, 0.2) is 6.61 Å². The number of nitrogens with two attached hydrogens (primary N) is 1. The normalized spacial score (nSPS) is 11.3. The van der Waals surface area contributed by atoms with E-state index in [1.165, 1.54) is 0 Å². The van der Waals surface area contributed by atoms with Gasteiger partial charge in [0.05, 0.1) is 0 Å². The molecule has 2 aromatic carbocycles. The largest absolute Gasteiger partial charge is 0.481 e. The zero-order chi connectivity index (χ0) is 19.2. The van der Waals surface area contributed by atoms with Crippen molar-refractivity contribution in [2.75, 3.05) is 6.61 Å². The van der Waals surface area contributed by atoms with Gasteiger partial charge in [0.25, 0.3) is 5.91 Å². The van der Waals surface area contributed by atoms with Crippen molar-refractivity contribution in [3.63, 3.8) is 0 Å². The summed E-state index contributed by atoms with van der Waals surface area (Å²) in [5.41, 5.74) is 9.95. The van der Waals surface area contributed by atoms with Crippen molar-refractivity contribution in [1.29, 1.82) is 0 Å². The molecule has 4 N–H and O–H groups in total. The minimum absolute atomic E-state index is 0.0655. The first-order valence-corrected chi connectivity index (χ1v) is 8.50. The van der Waals surface area contributed by atoms with Crippen LogP contribution < -0.4 is 21.0 Å². The topological polar surface area (TPSA) is 104 Å². The second-order valence-corrected chi connectivity index (χ2v) is 6.11. The number of hydrogen-bond donors (Lipinski definition) is 3. The number of rotatable bonds is 6. The lowest BCUT2D eigenvalue weighted by atomic mass is 10.1. The average Bonchev–Trinajstić information content (AvgIpc) is 3.08. The average molecular weight is 386 g/mol. The molecule has 138 valence electrons. The van der Waals surface area contributed by atoms with Crippen LogP contribution in [-0.4, -0.2) is 23.5 Å². The Hall–Kier alpha value is -3.32. The SMILES string of the molecule is Cc1onc(-c2ccccc2)c1C(=O)N[NH+]=C(N)COc1ccc(Cl)cc1. The zero-order valence-electron chi connectivity index (χ0n) is 14.5. The van der Waals surface area contributed by atoms with Crippen molar-refractivity contribution >= 4 is 23.3 Å². The Morgan fingerprint density at radius 2 is 1.93 bits per heavy atom. The molecule has 27 heavy (non-hydrogen) atoms. The highest BCUT2D eigenvalue weighted by Gasteiger charge is 2.22. The van der Waals surface area contributed by atoms with Gasteiger partial charge in [-0.3, -0.25) is 10.5 Å². The highest BCUT2D eigenvalue weighted by Crippen LogP contribution is 2.24. The number of carbonyl (C=O) groups excluding carboxylic acids is 1. The summed E-state index contributed by atoms with van der Waals surface area (Å²) in [6.45, 7) is 1.74. The van der Waals surface area contributed by atoms with Crippen molar-refractivity contribution in [3.05, 3.63) is 70.9 Å². The number of carbonyl (C=O) groups is 1. The van der Waals surface area contributed by atoms with Crippen LogP contribution in [0.2, 0.25) is 5.02 Å². The van der Waals surface area contributed by atoms with Crippen molar-refractivity contribution in [3.8, 4) is 17.0 Å². The molecule has 0 saturated carbocycles. The summed E-state index contributed by atoms with van der Waals surface area (Å²) in [4.78, 5) is 12.5. The quantitative estimate of drug-likeness (QED) is 0.338. The molecule has 0 spiro atoms. The summed E-state index contributed by atoms with van der Waals surface area (Å²) >= 11 is 5.82. The summed E-state index contributed by atoms with van der Waals surface area (Å²) in [5, 5.41) is 7.23. The highest BCUT2D eigenvalue weighted by molar-refractivity contribution is 6.30. The van der Waals surface area contributed by atoms with E-state index in [-0.39, 0.29) is 12.4 Å². The number of benzene rings is 2. The fourth-order valence-electron chi connectivity index (χ4n) is 2.36. The Morgan fingerprint density at radius 1 is 1.22 bits per heavy atom. The van der Waals surface area contributed by atoms with Gasteiger partial charge < -0.3 is 9.26 Å². The molecule has 0 saturated heterocycles. The third kappa shape index (κ3) is 4.65. The second-order valence-electron chi connectivity index (χ2n) is 5.68. The number of hydrogen-bond acceptors (Lipinski definition) is 4. The Morgan fingerprint density at radius 3 is 2.63 bits per heavy atom. The third-order valence-corrected chi connectivity index (χ3v) is 3.93. The highest BCUT2D eigenvalue weighted by atomic mass is 35.5. The van der Waals surface area contributed by atoms with E-state index in [0.717, 1.165) is 5.56 Å². The van der Waals surface area contributed by atoms with Crippen LogP contribution in [0.4, 0.5) is 0 Å². The van der Waals surface area contributed by atoms with E-state index in [1.807, 2.05) is 30.3 Å². The molecule has 0 aliphatic carbocycles. The Balaban J connectivity index is 1.66. The molecule has 1 heterocycles.